The Kier molecular flexibility index (Phi) is 3.91. The van der Waals surface area contributed by atoms with Crippen LogP contribution < -0.4 is 5.32 Å². The third kappa shape index (κ3) is 2.02. The van der Waals surface area contributed by atoms with Crippen molar-refractivity contribution < 1.29 is 4.74 Å². The molecule has 0 aromatic carbocycles. The van der Waals surface area contributed by atoms with Crippen LogP contribution in [-0.2, 0) is 4.74 Å². The molecule has 2 nitrogen and oxygen atoms in total. The van der Waals surface area contributed by atoms with Gasteiger partial charge in [0.05, 0.1) is 12.2 Å². The molecule has 2 aliphatic carbocycles. The van der Waals surface area contributed by atoms with Gasteiger partial charge in [0.15, 0.2) is 0 Å². The molecule has 2 aliphatic rings. The van der Waals surface area contributed by atoms with Crippen LogP contribution >= 0.6 is 0 Å². The summed E-state index contributed by atoms with van der Waals surface area (Å²) in [5, 5.41) is 3.50. The van der Waals surface area contributed by atoms with Gasteiger partial charge in [0.1, 0.15) is 0 Å². The number of ether oxygens (including phenoxy) is 1. The molecule has 0 radical (unpaired) electrons. The maximum atomic E-state index is 6.22. The predicted molar refractivity (Wildman–Crippen MR) is 67.6 cm³/mol. The van der Waals surface area contributed by atoms with Gasteiger partial charge >= 0.3 is 0 Å². The van der Waals surface area contributed by atoms with Crippen molar-refractivity contribution >= 4 is 0 Å². The predicted octanol–water partition coefficient (Wildman–Crippen LogP) is 3.11. The fraction of sp³-hybridized carbons (Fsp3) is 1.00. The van der Waals surface area contributed by atoms with E-state index in [1.54, 1.807) is 0 Å². The smallest absolute Gasteiger partial charge is 0.0664 e. The van der Waals surface area contributed by atoms with Crippen LogP contribution in [0.1, 0.15) is 58.8 Å². The lowest BCUT2D eigenvalue weighted by Crippen LogP contribution is -2.64. The molecule has 1 spiro atoms. The lowest BCUT2D eigenvalue weighted by Gasteiger charge is -2.58. The second-order valence-corrected chi connectivity index (χ2v) is 5.71. The van der Waals surface area contributed by atoms with Crippen molar-refractivity contribution in [3.05, 3.63) is 0 Å². The average Bonchev–Trinajstić information content (AvgIpc) is 2.34. The third-order valence-electron chi connectivity index (χ3n) is 4.89. The van der Waals surface area contributed by atoms with Crippen molar-refractivity contribution in [3.63, 3.8) is 0 Å². The van der Waals surface area contributed by atoms with E-state index in [-0.39, 0.29) is 0 Å². The normalized spacial score (nSPS) is 34.7. The Bertz CT molecular complexity index is 223. The van der Waals surface area contributed by atoms with Gasteiger partial charge in [0, 0.05) is 11.5 Å². The largest absolute Gasteiger partial charge is 0.375 e. The van der Waals surface area contributed by atoms with Gasteiger partial charge in [0.25, 0.3) is 0 Å². The summed E-state index contributed by atoms with van der Waals surface area (Å²) in [4.78, 5) is 0. The molecule has 2 heteroatoms. The van der Waals surface area contributed by atoms with Gasteiger partial charge in [-0.25, -0.2) is 0 Å². The first-order chi connectivity index (χ1) is 7.73. The Labute approximate surface area is 100 Å². The van der Waals surface area contributed by atoms with E-state index < -0.39 is 0 Å². The van der Waals surface area contributed by atoms with Crippen LogP contribution in [0.5, 0.6) is 0 Å². The van der Waals surface area contributed by atoms with E-state index in [1.165, 1.54) is 38.5 Å². The van der Waals surface area contributed by atoms with Crippen molar-refractivity contribution in [1.82, 2.24) is 5.32 Å². The first-order valence-electron chi connectivity index (χ1n) is 7.05. The summed E-state index contributed by atoms with van der Waals surface area (Å²) in [6.45, 7) is 4.43. The molecule has 0 aliphatic heterocycles. The van der Waals surface area contributed by atoms with E-state index in [4.69, 9.17) is 4.74 Å². The summed E-state index contributed by atoms with van der Waals surface area (Å²) in [6, 6.07) is 0.710. The van der Waals surface area contributed by atoms with Gasteiger partial charge < -0.3 is 10.1 Å². The first-order valence-corrected chi connectivity index (χ1v) is 7.05. The van der Waals surface area contributed by atoms with Crippen molar-refractivity contribution in [1.29, 1.82) is 0 Å². The van der Waals surface area contributed by atoms with Gasteiger partial charge in [-0.3, -0.25) is 0 Å². The molecular weight excluding hydrogens is 198 g/mol. The monoisotopic (exact) mass is 225 g/mol. The maximum Gasteiger partial charge on any atom is 0.0664 e. The molecule has 0 aromatic heterocycles. The molecule has 3 unspecified atom stereocenters. The van der Waals surface area contributed by atoms with E-state index in [0.29, 0.717) is 23.7 Å². The molecule has 0 heterocycles. The molecule has 3 atom stereocenters. The molecular formula is C14H27NO. The molecule has 2 fully saturated rings. The van der Waals surface area contributed by atoms with Gasteiger partial charge in [-0.1, -0.05) is 26.2 Å². The Morgan fingerprint density at radius 3 is 2.56 bits per heavy atom. The van der Waals surface area contributed by atoms with Crippen LogP contribution in [-0.4, -0.2) is 25.3 Å². The second-order valence-electron chi connectivity index (χ2n) is 5.71. The number of rotatable bonds is 4. The Morgan fingerprint density at radius 1 is 1.31 bits per heavy atom. The standard InChI is InChI=1S/C14H27NO/c1-4-11(2)16-13-10-12(15-3)14(13)8-6-5-7-9-14/h11-13,15H,4-10H2,1-3H3. The van der Waals surface area contributed by atoms with Crippen molar-refractivity contribution in [2.75, 3.05) is 7.05 Å². The molecule has 2 saturated carbocycles. The zero-order valence-electron chi connectivity index (χ0n) is 11.1. The first kappa shape index (κ1) is 12.4. The minimum absolute atomic E-state index is 0.432. The number of nitrogens with one attached hydrogen (secondary N) is 1. The third-order valence-corrected chi connectivity index (χ3v) is 4.89. The highest BCUT2D eigenvalue weighted by atomic mass is 16.5. The van der Waals surface area contributed by atoms with E-state index >= 15 is 0 Å². The topological polar surface area (TPSA) is 21.3 Å². The van der Waals surface area contributed by atoms with Crippen LogP contribution in [0.3, 0.4) is 0 Å². The molecule has 0 amide bonds. The number of hydrogen-bond acceptors (Lipinski definition) is 2. The lowest BCUT2D eigenvalue weighted by atomic mass is 9.55. The Morgan fingerprint density at radius 2 is 2.00 bits per heavy atom. The highest BCUT2D eigenvalue weighted by Crippen LogP contribution is 2.53. The summed E-state index contributed by atoms with van der Waals surface area (Å²) in [5.41, 5.74) is 0.483. The van der Waals surface area contributed by atoms with Gasteiger partial charge in [-0.2, -0.15) is 0 Å². The zero-order valence-corrected chi connectivity index (χ0v) is 11.1. The van der Waals surface area contributed by atoms with E-state index in [9.17, 15) is 0 Å². The molecule has 2 rings (SSSR count). The average molecular weight is 225 g/mol. The van der Waals surface area contributed by atoms with Crippen molar-refractivity contribution in [2.24, 2.45) is 5.41 Å². The summed E-state index contributed by atoms with van der Waals surface area (Å²) < 4.78 is 6.22. The summed E-state index contributed by atoms with van der Waals surface area (Å²) in [6.07, 6.45) is 10.3. The van der Waals surface area contributed by atoms with Crippen LogP contribution in [0, 0.1) is 5.41 Å². The summed E-state index contributed by atoms with van der Waals surface area (Å²) in [5.74, 6) is 0. The molecule has 16 heavy (non-hydrogen) atoms. The highest BCUT2D eigenvalue weighted by Gasteiger charge is 2.55. The van der Waals surface area contributed by atoms with Crippen molar-refractivity contribution in [3.8, 4) is 0 Å². The summed E-state index contributed by atoms with van der Waals surface area (Å²) in [7, 11) is 2.11. The minimum atomic E-state index is 0.432. The fourth-order valence-electron chi connectivity index (χ4n) is 3.60. The maximum absolute atomic E-state index is 6.22. The fourth-order valence-corrected chi connectivity index (χ4v) is 3.60. The lowest BCUT2D eigenvalue weighted by molar-refractivity contribution is -0.172. The van der Waals surface area contributed by atoms with Crippen LogP contribution in [0.15, 0.2) is 0 Å². The van der Waals surface area contributed by atoms with E-state index in [2.05, 4.69) is 26.2 Å². The number of hydrogen-bond donors (Lipinski definition) is 1. The van der Waals surface area contributed by atoms with E-state index in [1.807, 2.05) is 0 Å². The van der Waals surface area contributed by atoms with Crippen LogP contribution in [0.4, 0.5) is 0 Å². The Balaban J connectivity index is 1.98. The van der Waals surface area contributed by atoms with Crippen LogP contribution in [0.25, 0.3) is 0 Å². The second kappa shape index (κ2) is 5.05. The summed E-state index contributed by atoms with van der Waals surface area (Å²) >= 11 is 0. The quantitative estimate of drug-likeness (QED) is 0.794. The molecule has 94 valence electrons. The SMILES string of the molecule is CCC(C)OC1CC(NC)C12CCCCC2. The Hall–Kier alpha value is -0.0800. The van der Waals surface area contributed by atoms with E-state index in [0.717, 1.165) is 6.42 Å². The zero-order chi connectivity index (χ0) is 11.6. The highest BCUT2D eigenvalue weighted by molar-refractivity contribution is 5.08. The molecule has 0 saturated heterocycles. The minimum Gasteiger partial charge on any atom is -0.375 e. The molecule has 0 bridgehead atoms. The van der Waals surface area contributed by atoms with Gasteiger partial charge in [-0.05, 0) is 39.7 Å². The van der Waals surface area contributed by atoms with Crippen molar-refractivity contribution in [2.45, 2.75) is 77.0 Å². The molecule has 0 aromatic rings. The van der Waals surface area contributed by atoms with Gasteiger partial charge in [-0.15, -0.1) is 0 Å². The van der Waals surface area contributed by atoms with Crippen LogP contribution in [0.2, 0.25) is 0 Å². The van der Waals surface area contributed by atoms with Gasteiger partial charge in [0.2, 0.25) is 0 Å². The molecule has 1 N–H and O–H groups in total.